The molecule has 0 radical (unpaired) electrons. The maximum Gasteiger partial charge on any atom is 0.338 e. The van der Waals surface area contributed by atoms with Gasteiger partial charge in [-0.15, -0.1) is 0 Å². The summed E-state index contributed by atoms with van der Waals surface area (Å²) in [6.07, 6.45) is 5.48. The van der Waals surface area contributed by atoms with Crippen LogP contribution in [-0.4, -0.2) is 43.2 Å². The molecule has 132 valence electrons. The van der Waals surface area contributed by atoms with E-state index in [-0.39, 0.29) is 5.97 Å². The first-order valence-corrected chi connectivity index (χ1v) is 8.54. The Labute approximate surface area is 152 Å². The van der Waals surface area contributed by atoms with Crippen molar-refractivity contribution in [2.24, 2.45) is 0 Å². The predicted octanol–water partition coefficient (Wildman–Crippen LogP) is 2.87. The number of methoxy groups -OCH3 is 1. The monoisotopic (exact) mass is 348 g/mol. The van der Waals surface area contributed by atoms with Gasteiger partial charge in [0, 0.05) is 44.5 Å². The number of benzene rings is 1. The minimum absolute atomic E-state index is 0.344. The molecule has 3 heterocycles. The average Bonchev–Trinajstić information content (AvgIpc) is 2.70. The molecule has 0 saturated heterocycles. The second-order valence-corrected chi connectivity index (χ2v) is 6.37. The van der Waals surface area contributed by atoms with Crippen molar-refractivity contribution >= 4 is 28.2 Å². The highest BCUT2D eigenvalue weighted by molar-refractivity contribution is 6.04. The summed E-state index contributed by atoms with van der Waals surface area (Å²) in [5.74, 6) is -0.344. The molecule has 6 heteroatoms. The van der Waals surface area contributed by atoms with Gasteiger partial charge in [0.15, 0.2) is 0 Å². The van der Waals surface area contributed by atoms with Crippen LogP contribution in [-0.2, 0) is 11.3 Å². The maximum absolute atomic E-state index is 12.1. The van der Waals surface area contributed by atoms with Crippen LogP contribution in [0.5, 0.6) is 0 Å². The molecule has 1 aliphatic heterocycles. The Kier molecular flexibility index (Phi) is 4.16. The first-order chi connectivity index (χ1) is 12.7. The third-order valence-electron chi connectivity index (χ3n) is 4.85. The molecule has 0 N–H and O–H groups in total. The molecule has 0 amide bonds. The number of esters is 1. The fraction of sp³-hybridized carbons (Fsp3) is 0.250. The van der Waals surface area contributed by atoms with Crippen LogP contribution in [0.3, 0.4) is 0 Å². The lowest BCUT2D eigenvalue weighted by Crippen LogP contribution is -2.38. The van der Waals surface area contributed by atoms with Crippen LogP contribution in [0, 0.1) is 0 Å². The first kappa shape index (κ1) is 16.3. The van der Waals surface area contributed by atoms with Crippen molar-refractivity contribution < 1.29 is 9.53 Å². The SMILES string of the molecule is COC(=O)c1ccc(CN2CCN(C)c3ccncc32)c2ncccc12. The standard InChI is InChI=1S/C20H20N4O2/c1-23-10-11-24(18-12-21-9-7-17(18)23)13-14-5-6-16(20(25)26-2)15-4-3-8-22-19(14)15/h3-9,12H,10-11,13H2,1-2H3. The van der Waals surface area contributed by atoms with E-state index in [0.29, 0.717) is 12.1 Å². The molecule has 6 nitrogen and oxygen atoms in total. The normalized spacial score (nSPS) is 13.6. The van der Waals surface area contributed by atoms with Gasteiger partial charge in [0.2, 0.25) is 0 Å². The summed E-state index contributed by atoms with van der Waals surface area (Å²) >= 11 is 0. The Morgan fingerprint density at radius 1 is 1.15 bits per heavy atom. The van der Waals surface area contributed by atoms with E-state index >= 15 is 0 Å². The van der Waals surface area contributed by atoms with E-state index in [1.165, 1.54) is 12.8 Å². The number of hydrogen-bond donors (Lipinski definition) is 0. The molecule has 0 saturated carbocycles. The Morgan fingerprint density at radius 3 is 2.88 bits per heavy atom. The lowest BCUT2D eigenvalue weighted by Gasteiger charge is -2.36. The van der Waals surface area contributed by atoms with Gasteiger partial charge in [-0.25, -0.2) is 4.79 Å². The van der Waals surface area contributed by atoms with E-state index in [1.807, 2.05) is 42.7 Å². The lowest BCUT2D eigenvalue weighted by atomic mass is 10.0. The van der Waals surface area contributed by atoms with Crippen LogP contribution in [0.2, 0.25) is 0 Å². The number of carbonyl (C=O) groups excluding carboxylic acids is 1. The number of likely N-dealkylation sites (N-methyl/N-ethyl adjacent to an activating group) is 1. The number of anilines is 2. The van der Waals surface area contributed by atoms with E-state index in [9.17, 15) is 4.79 Å². The molecule has 4 rings (SSSR count). The summed E-state index contributed by atoms with van der Waals surface area (Å²) in [4.78, 5) is 25.4. The Hall–Kier alpha value is -3.15. The number of hydrogen-bond acceptors (Lipinski definition) is 6. The predicted molar refractivity (Wildman–Crippen MR) is 102 cm³/mol. The fourth-order valence-corrected chi connectivity index (χ4v) is 3.47. The number of carbonyl (C=O) groups is 1. The Morgan fingerprint density at radius 2 is 2.04 bits per heavy atom. The van der Waals surface area contributed by atoms with Gasteiger partial charge in [0.1, 0.15) is 0 Å². The van der Waals surface area contributed by atoms with Gasteiger partial charge in [0.05, 0.1) is 35.8 Å². The van der Waals surface area contributed by atoms with E-state index in [4.69, 9.17) is 4.74 Å². The highest BCUT2D eigenvalue weighted by atomic mass is 16.5. The molecule has 0 fully saturated rings. The van der Waals surface area contributed by atoms with Crippen molar-refractivity contribution in [2.45, 2.75) is 6.54 Å². The van der Waals surface area contributed by atoms with E-state index in [1.54, 1.807) is 6.20 Å². The molecule has 2 aromatic heterocycles. The summed E-state index contributed by atoms with van der Waals surface area (Å²) in [6.45, 7) is 2.56. The highest BCUT2D eigenvalue weighted by Gasteiger charge is 2.22. The summed E-state index contributed by atoms with van der Waals surface area (Å²) in [5, 5.41) is 0.817. The molecule has 26 heavy (non-hydrogen) atoms. The largest absolute Gasteiger partial charge is 0.465 e. The summed E-state index contributed by atoms with van der Waals surface area (Å²) in [6, 6.07) is 9.59. The summed E-state index contributed by atoms with van der Waals surface area (Å²) in [5.41, 5.74) is 4.74. The zero-order valence-electron chi connectivity index (χ0n) is 14.8. The van der Waals surface area contributed by atoms with Crippen molar-refractivity contribution in [1.82, 2.24) is 9.97 Å². The van der Waals surface area contributed by atoms with Crippen LogP contribution in [0.25, 0.3) is 10.9 Å². The smallest absolute Gasteiger partial charge is 0.338 e. The number of rotatable bonds is 3. The van der Waals surface area contributed by atoms with E-state index in [2.05, 4.69) is 26.8 Å². The number of pyridine rings is 2. The minimum atomic E-state index is -0.344. The number of nitrogens with zero attached hydrogens (tertiary/aromatic N) is 4. The quantitative estimate of drug-likeness (QED) is 0.679. The lowest BCUT2D eigenvalue weighted by molar-refractivity contribution is 0.0603. The van der Waals surface area contributed by atoms with Gasteiger partial charge >= 0.3 is 5.97 Å². The minimum Gasteiger partial charge on any atom is -0.465 e. The molecule has 0 spiro atoms. The maximum atomic E-state index is 12.1. The van der Waals surface area contributed by atoms with Gasteiger partial charge in [-0.05, 0) is 23.8 Å². The molecular formula is C20H20N4O2. The van der Waals surface area contributed by atoms with Crippen molar-refractivity contribution in [3.63, 3.8) is 0 Å². The van der Waals surface area contributed by atoms with Gasteiger partial charge < -0.3 is 14.5 Å². The van der Waals surface area contributed by atoms with Crippen molar-refractivity contribution in [3.05, 3.63) is 60.0 Å². The topological polar surface area (TPSA) is 58.6 Å². The Bertz CT molecular complexity index is 973. The number of fused-ring (bicyclic) bond motifs is 2. The fourth-order valence-electron chi connectivity index (χ4n) is 3.47. The summed E-state index contributed by atoms with van der Waals surface area (Å²) in [7, 11) is 3.49. The van der Waals surface area contributed by atoms with Crippen LogP contribution >= 0.6 is 0 Å². The zero-order chi connectivity index (χ0) is 18.1. The molecule has 1 aromatic carbocycles. The third-order valence-corrected chi connectivity index (χ3v) is 4.85. The van der Waals surface area contributed by atoms with Gasteiger partial charge in [0.25, 0.3) is 0 Å². The van der Waals surface area contributed by atoms with Gasteiger partial charge in [-0.3, -0.25) is 9.97 Å². The van der Waals surface area contributed by atoms with Crippen LogP contribution in [0.4, 0.5) is 11.4 Å². The molecule has 0 atom stereocenters. The van der Waals surface area contributed by atoms with Crippen molar-refractivity contribution in [2.75, 3.05) is 37.0 Å². The van der Waals surface area contributed by atoms with E-state index < -0.39 is 0 Å². The molecule has 0 bridgehead atoms. The molecular weight excluding hydrogens is 328 g/mol. The number of ether oxygens (including phenoxy) is 1. The van der Waals surface area contributed by atoms with Crippen LogP contribution in [0.15, 0.2) is 48.9 Å². The molecule has 1 aliphatic rings. The average molecular weight is 348 g/mol. The van der Waals surface area contributed by atoms with E-state index in [0.717, 1.165) is 35.2 Å². The first-order valence-electron chi connectivity index (χ1n) is 8.54. The molecule has 0 unspecified atom stereocenters. The Balaban J connectivity index is 1.75. The van der Waals surface area contributed by atoms with Crippen LogP contribution < -0.4 is 9.80 Å². The molecule has 0 aliphatic carbocycles. The van der Waals surface area contributed by atoms with Crippen molar-refractivity contribution in [3.8, 4) is 0 Å². The second kappa shape index (κ2) is 6.63. The van der Waals surface area contributed by atoms with Crippen molar-refractivity contribution in [1.29, 1.82) is 0 Å². The van der Waals surface area contributed by atoms with Gasteiger partial charge in [-0.1, -0.05) is 12.1 Å². The van der Waals surface area contributed by atoms with Crippen LogP contribution in [0.1, 0.15) is 15.9 Å². The number of aromatic nitrogens is 2. The zero-order valence-corrected chi connectivity index (χ0v) is 14.8. The third kappa shape index (κ3) is 2.73. The second-order valence-electron chi connectivity index (χ2n) is 6.37. The highest BCUT2D eigenvalue weighted by Crippen LogP contribution is 2.33. The molecule has 3 aromatic rings. The summed E-state index contributed by atoms with van der Waals surface area (Å²) < 4.78 is 4.90. The van der Waals surface area contributed by atoms with Gasteiger partial charge in [-0.2, -0.15) is 0 Å².